The lowest BCUT2D eigenvalue weighted by molar-refractivity contribution is -0.919. The Hall–Kier alpha value is -1.30. The molecule has 4 saturated heterocycles. The van der Waals surface area contributed by atoms with Crippen molar-refractivity contribution in [2.75, 3.05) is 32.7 Å². The number of nitrogens with one attached hydrogen (secondary N) is 3. The fourth-order valence-electron chi connectivity index (χ4n) is 7.50. The minimum absolute atomic E-state index is 0.0349. The first-order valence-corrected chi connectivity index (χ1v) is 14.1. The highest BCUT2D eigenvalue weighted by Gasteiger charge is 2.45. The molecule has 5 unspecified atom stereocenters. The van der Waals surface area contributed by atoms with E-state index in [-0.39, 0.29) is 30.1 Å². The first-order chi connectivity index (χ1) is 17.0. The molecular weight excluding hydrogens is 448 g/mol. The smallest absolute Gasteiger partial charge is 0.220 e. The monoisotopic (exact) mass is 493 g/mol. The van der Waals surface area contributed by atoms with Crippen LogP contribution in [0, 0.1) is 23.7 Å². The number of likely N-dealkylation sites (tertiary alicyclic amines) is 2. The van der Waals surface area contributed by atoms with Gasteiger partial charge in [0.2, 0.25) is 5.91 Å². The summed E-state index contributed by atoms with van der Waals surface area (Å²) in [6.07, 6.45) is 10.7. The molecule has 4 heterocycles. The van der Waals surface area contributed by atoms with Crippen molar-refractivity contribution in [3.8, 4) is 0 Å². The second-order valence-electron chi connectivity index (χ2n) is 11.8. The fraction of sp³-hybridized carbons (Fsp3) is 0.920. The second-order valence-corrected chi connectivity index (χ2v) is 11.8. The Kier molecular flexibility index (Phi) is 8.25. The van der Waals surface area contributed by atoms with E-state index in [0.29, 0.717) is 24.0 Å². The third kappa shape index (κ3) is 5.99. The molecule has 1 amide bonds. The third-order valence-electron chi connectivity index (χ3n) is 9.69. The largest absolute Gasteiger partial charge is 0.550 e. The van der Waals surface area contributed by atoms with Crippen LogP contribution in [0.5, 0.6) is 0 Å². The van der Waals surface area contributed by atoms with Gasteiger partial charge in [0.1, 0.15) is 12.2 Å². The molecular formula is C25H45N6O4+. The van der Waals surface area contributed by atoms with Crippen molar-refractivity contribution in [2.24, 2.45) is 29.4 Å². The van der Waals surface area contributed by atoms with Gasteiger partial charge in [-0.15, -0.1) is 0 Å². The maximum atomic E-state index is 11.5. The van der Waals surface area contributed by atoms with Crippen molar-refractivity contribution in [1.82, 2.24) is 15.7 Å². The molecule has 1 aliphatic carbocycles. The highest BCUT2D eigenvalue weighted by Crippen LogP contribution is 2.28. The number of hydrogen-bond donors (Lipinski definition) is 5. The summed E-state index contributed by atoms with van der Waals surface area (Å²) in [7, 11) is 0. The van der Waals surface area contributed by atoms with Gasteiger partial charge in [0.25, 0.3) is 0 Å². The van der Waals surface area contributed by atoms with Crippen molar-refractivity contribution in [2.45, 2.75) is 88.8 Å². The van der Waals surface area contributed by atoms with E-state index in [4.69, 9.17) is 10.6 Å². The number of hydrogen-bond acceptors (Lipinski definition) is 7. The number of aliphatic carboxylic acids is 1. The van der Waals surface area contributed by atoms with Gasteiger partial charge in [0.15, 0.2) is 6.23 Å². The van der Waals surface area contributed by atoms with Crippen molar-refractivity contribution in [3.05, 3.63) is 0 Å². The quantitative estimate of drug-likeness (QED) is 0.252. The predicted molar refractivity (Wildman–Crippen MR) is 126 cm³/mol. The minimum Gasteiger partial charge on any atom is -0.550 e. The molecule has 10 nitrogen and oxygen atoms in total. The summed E-state index contributed by atoms with van der Waals surface area (Å²) in [6.45, 7) is 5.33. The molecule has 198 valence electrons. The number of nitrogens with zero attached hydrogens (tertiary/aromatic N) is 1. The Bertz CT molecular complexity index is 739. The first kappa shape index (κ1) is 25.4. The summed E-state index contributed by atoms with van der Waals surface area (Å²) in [6, 6.07) is 0.449. The summed E-state index contributed by atoms with van der Waals surface area (Å²) >= 11 is 0. The lowest BCUT2D eigenvalue weighted by Crippen LogP contribution is -3.15. The number of rotatable bonds is 7. The van der Waals surface area contributed by atoms with Crippen LogP contribution in [0.1, 0.15) is 64.2 Å². The maximum Gasteiger partial charge on any atom is 0.220 e. The van der Waals surface area contributed by atoms with Gasteiger partial charge in [-0.3, -0.25) is 19.8 Å². The zero-order chi connectivity index (χ0) is 24.4. The number of carbonyl (C=O) groups is 2. The lowest BCUT2D eigenvalue weighted by Gasteiger charge is -2.39. The number of carboxylic acids is 1. The SMILES string of the molecule is NC(=O)C1CCN(C2CC(C3NOC([C@@H]4CCC[NH+]4CC4CCC(C(=O)[O-])CC4)N3)CC[NH2+]2)CC1. The van der Waals surface area contributed by atoms with Gasteiger partial charge in [-0.1, -0.05) is 0 Å². The van der Waals surface area contributed by atoms with Crippen molar-refractivity contribution < 1.29 is 29.7 Å². The molecule has 1 saturated carbocycles. The highest BCUT2D eigenvalue weighted by atomic mass is 16.7. The molecule has 5 fully saturated rings. The van der Waals surface area contributed by atoms with Crippen molar-refractivity contribution in [3.63, 3.8) is 0 Å². The van der Waals surface area contributed by atoms with Crippen LogP contribution in [0.25, 0.3) is 0 Å². The molecule has 0 spiro atoms. The minimum atomic E-state index is -0.867. The average molecular weight is 494 g/mol. The van der Waals surface area contributed by atoms with Crippen molar-refractivity contribution >= 4 is 11.9 Å². The van der Waals surface area contributed by atoms with Gasteiger partial charge in [-0.2, -0.15) is 5.48 Å². The highest BCUT2D eigenvalue weighted by molar-refractivity contribution is 5.76. The molecule has 0 radical (unpaired) electrons. The van der Waals surface area contributed by atoms with Crippen LogP contribution in [0.2, 0.25) is 0 Å². The number of carboxylic acid groups (broad SMARTS) is 1. The molecule has 4 aliphatic heterocycles. The summed E-state index contributed by atoms with van der Waals surface area (Å²) in [5.74, 6) is -0.0851. The molecule has 7 N–H and O–H groups in total. The number of hydroxylamine groups is 1. The normalized spacial score (nSPS) is 41.7. The lowest BCUT2D eigenvalue weighted by atomic mass is 9.82. The van der Waals surface area contributed by atoms with Gasteiger partial charge in [-0.25, -0.2) is 0 Å². The van der Waals surface area contributed by atoms with Crippen LogP contribution >= 0.6 is 0 Å². The van der Waals surface area contributed by atoms with Gasteiger partial charge >= 0.3 is 0 Å². The van der Waals surface area contributed by atoms with Gasteiger partial charge in [0, 0.05) is 62.5 Å². The van der Waals surface area contributed by atoms with E-state index in [1.165, 1.54) is 19.4 Å². The summed E-state index contributed by atoms with van der Waals surface area (Å²) in [5.41, 5.74) is 8.87. The summed E-state index contributed by atoms with van der Waals surface area (Å²) in [5, 5.41) is 17.4. The van der Waals surface area contributed by atoms with E-state index < -0.39 is 5.97 Å². The van der Waals surface area contributed by atoms with Crippen LogP contribution in [-0.2, 0) is 14.4 Å². The average Bonchev–Trinajstić information content (AvgIpc) is 3.54. The van der Waals surface area contributed by atoms with E-state index in [0.717, 1.165) is 77.5 Å². The van der Waals surface area contributed by atoms with Crippen LogP contribution in [-0.4, -0.2) is 74.1 Å². The molecule has 35 heavy (non-hydrogen) atoms. The molecule has 0 aromatic heterocycles. The maximum absolute atomic E-state index is 11.5. The number of quaternary nitrogens is 2. The number of primary amides is 1. The number of piperidine rings is 2. The second kappa shape index (κ2) is 11.4. The van der Waals surface area contributed by atoms with Crippen LogP contribution in [0.4, 0.5) is 0 Å². The number of carbonyl (C=O) groups excluding carboxylic acids is 2. The Morgan fingerprint density at radius 3 is 2.54 bits per heavy atom. The standard InChI is InChI=1S/C25H44N6O4/c26-22(32)17-8-12-30(13-9-17)21-14-19(7-10-27-21)23-28-24(35-29-23)20-2-1-11-31(20)15-16-3-5-18(6-4-16)25(33)34/h16-21,23-24,27-29H,1-15H2,(H2,26,32)(H,33,34)/p+1/t16?,18?,19?,20-,21?,23?,24?/m0/s1. The van der Waals surface area contributed by atoms with Gasteiger partial charge in [-0.05, 0) is 44.4 Å². The molecule has 10 heteroatoms. The predicted octanol–water partition coefficient (Wildman–Crippen LogP) is -3.14. The van der Waals surface area contributed by atoms with Crippen LogP contribution < -0.4 is 31.9 Å². The molecule has 0 aromatic carbocycles. The van der Waals surface area contributed by atoms with E-state index >= 15 is 0 Å². The number of amides is 1. The zero-order valence-electron chi connectivity index (χ0n) is 21.0. The van der Waals surface area contributed by atoms with E-state index in [2.05, 4.69) is 21.0 Å². The van der Waals surface area contributed by atoms with Gasteiger partial charge < -0.3 is 25.9 Å². The molecule has 5 rings (SSSR count). The summed E-state index contributed by atoms with van der Waals surface area (Å²) < 4.78 is 0. The molecule has 0 aromatic rings. The van der Waals surface area contributed by atoms with E-state index in [9.17, 15) is 14.7 Å². The Morgan fingerprint density at radius 1 is 1.06 bits per heavy atom. The van der Waals surface area contributed by atoms with Crippen molar-refractivity contribution in [1.29, 1.82) is 0 Å². The Labute approximate surface area is 208 Å². The van der Waals surface area contributed by atoms with E-state index in [1.54, 1.807) is 4.90 Å². The third-order valence-corrected chi connectivity index (χ3v) is 9.69. The topological polar surface area (TPSA) is 141 Å². The van der Waals surface area contributed by atoms with Gasteiger partial charge in [0.05, 0.1) is 25.8 Å². The zero-order valence-corrected chi connectivity index (χ0v) is 21.0. The summed E-state index contributed by atoms with van der Waals surface area (Å²) in [4.78, 5) is 33.0. The molecule has 6 atom stereocenters. The Balaban J connectivity index is 1.09. The fourth-order valence-corrected chi connectivity index (χ4v) is 7.50. The van der Waals surface area contributed by atoms with E-state index in [1.807, 2.05) is 0 Å². The Morgan fingerprint density at radius 2 is 1.83 bits per heavy atom. The first-order valence-electron chi connectivity index (χ1n) is 14.1. The number of nitrogens with two attached hydrogens (primary N) is 2. The van der Waals surface area contributed by atoms with Crippen LogP contribution in [0.3, 0.4) is 0 Å². The van der Waals surface area contributed by atoms with Crippen LogP contribution in [0.15, 0.2) is 0 Å². The molecule has 5 aliphatic rings. The molecule has 0 bridgehead atoms.